The van der Waals surface area contributed by atoms with Gasteiger partial charge in [0.1, 0.15) is 6.42 Å². The first-order valence-electron chi connectivity index (χ1n) is 5.14. The summed E-state index contributed by atoms with van der Waals surface area (Å²) >= 11 is 0. The van der Waals surface area contributed by atoms with Crippen LogP contribution in [0.1, 0.15) is 13.3 Å². The minimum Gasteiger partial charge on any atom is -0.469 e. The van der Waals surface area contributed by atoms with Crippen LogP contribution in [0.5, 0.6) is 0 Å². The number of hydrogen-bond acceptors (Lipinski definition) is 4. The van der Waals surface area contributed by atoms with E-state index < -0.39 is 5.97 Å². The van der Waals surface area contributed by atoms with E-state index in [9.17, 15) is 14.4 Å². The Bertz CT molecular complexity index is 295. The molecule has 0 spiro atoms. The topological polar surface area (TPSA) is 66.9 Å². The smallest absolute Gasteiger partial charge is 0.315 e. The van der Waals surface area contributed by atoms with Crippen LogP contribution in [0.4, 0.5) is 0 Å². The van der Waals surface area contributed by atoms with E-state index >= 15 is 0 Å². The Morgan fingerprint density at radius 3 is 2.00 bits per heavy atom. The number of esters is 1. The molecule has 1 heterocycles. The highest BCUT2D eigenvalue weighted by Gasteiger charge is 2.23. The number of nitrogens with zero attached hydrogens (tertiary/aromatic N) is 2. The van der Waals surface area contributed by atoms with Gasteiger partial charge in [0.05, 0.1) is 7.11 Å². The van der Waals surface area contributed by atoms with Crippen molar-refractivity contribution in [3.63, 3.8) is 0 Å². The molecule has 1 aliphatic heterocycles. The number of ether oxygens (including phenoxy) is 1. The Balaban J connectivity index is 2.38. The third-order valence-electron chi connectivity index (χ3n) is 2.60. The summed E-state index contributed by atoms with van der Waals surface area (Å²) in [6.07, 6.45) is -0.226. The molecular weight excluding hydrogens is 212 g/mol. The monoisotopic (exact) mass is 228 g/mol. The van der Waals surface area contributed by atoms with Gasteiger partial charge in [0.2, 0.25) is 11.8 Å². The number of rotatable bonds is 2. The molecular formula is C10H16N2O4. The lowest BCUT2D eigenvalue weighted by molar-refractivity contribution is -0.148. The zero-order valence-corrected chi connectivity index (χ0v) is 9.56. The van der Waals surface area contributed by atoms with Gasteiger partial charge in [-0.2, -0.15) is 0 Å². The van der Waals surface area contributed by atoms with E-state index in [1.165, 1.54) is 14.0 Å². The number of methoxy groups -OCH3 is 1. The average molecular weight is 228 g/mol. The van der Waals surface area contributed by atoms with Crippen LogP contribution < -0.4 is 0 Å². The molecule has 0 atom stereocenters. The van der Waals surface area contributed by atoms with Crippen LogP contribution in [-0.2, 0) is 19.1 Å². The molecule has 1 rings (SSSR count). The highest BCUT2D eigenvalue weighted by atomic mass is 16.5. The number of piperazine rings is 1. The first kappa shape index (κ1) is 12.5. The molecule has 2 amide bonds. The minimum atomic E-state index is -0.529. The van der Waals surface area contributed by atoms with Crippen molar-refractivity contribution in [3.05, 3.63) is 0 Å². The Hall–Kier alpha value is -1.59. The van der Waals surface area contributed by atoms with Crippen molar-refractivity contribution in [1.82, 2.24) is 9.80 Å². The summed E-state index contributed by atoms with van der Waals surface area (Å²) in [5.74, 6) is -0.755. The molecule has 90 valence electrons. The van der Waals surface area contributed by atoms with Crippen molar-refractivity contribution in [2.75, 3.05) is 33.3 Å². The highest BCUT2D eigenvalue weighted by molar-refractivity contribution is 5.94. The van der Waals surface area contributed by atoms with Crippen LogP contribution in [0.15, 0.2) is 0 Å². The molecule has 6 nitrogen and oxygen atoms in total. The maximum atomic E-state index is 11.6. The largest absolute Gasteiger partial charge is 0.469 e. The molecule has 0 aromatic carbocycles. The quantitative estimate of drug-likeness (QED) is 0.460. The van der Waals surface area contributed by atoms with Gasteiger partial charge in [0, 0.05) is 33.1 Å². The van der Waals surface area contributed by atoms with E-state index in [4.69, 9.17) is 0 Å². The van der Waals surface area contributed by atoms with Gasteiger partial charge in [-0.25, -0.2) is 0 Å². The third kappa shape index (κ3) is 3.22. The zero-order chi connectivity index (χ0) is 12.1. The number of carbonyl (C=O) groups excluding carboxylic acids is 3. The fraction of sp³-hybridized carbons (Fsp3) is 0.700. The van der Waals surface area contributed by atoms with Crippen molar-refractivity contribution >= 4 is 17.8 Å². The number of carbonyl (C=O) groups is 3. The molecule has 6 heteroatoms. The van der Waals surface area contributed by atoms with Gasteiger partial charge >= 0.3 is 5.97 Å². The molecule has 1 saturated heterocycles. The van der Waals surface area contributed by atoms with E-state index in [2.05, 4.69) is 4.74 Å². The Morgan fingerprint density at radius 1 is 1.06 bits per heavy atom. The second kappa shape index (κ2) is 5.48. The van der Waals surface area contributed by atoms with E-state index in [-0.39, 0.29) is 18.2 Å². The first-order chi connectivity index (χ1) is 7.54. The molecule has 0 radical (unpaired) electrons. The first-order valence-corrected chi connectivity index (χ1v) is 5.14. The van der Waals surface area contributed by atoms with Gasteiger partial charge in [-0.15, -0.1) is 0 Å². The van der Waals surface area contributed by atoms with E-state index in [1.807, 2.05) is 0 Å². The van der Waals surface area contributed by atoms with Crippen LogP contribution in [0.3, 0.4) is 0 Å². The molecule has 1 aliphatic rings. The normalized spacial score (nSPS) is 15.9. The second-order valence-electron chi connectivity index (χ2n) is 3.64. The zero-order valence-electron chi connectivity index (χ0n) is 9.56. The molecule has 0 bridgehead atoms. The standard InChI is InChI=1S/C10H16N2O4/c1-8(13)11-3-5-12(6-4-11)9(14)7-10(15)16-2/h3-7H2,1-2H3. The lowest BCUT2D eigenvalue weighted by Gasteiger charge is -2.34. The van der Waals surface area contributed by atoms with Crippen LogP contribution in [0.25, 0.3) is 0 Å². The van der Waals surface area contributed by atoms with Crippen molar-refractivity contribution in [2.45, 2.75) is 13.3 Å². The van der Waals surface area contributed by atoms with Gasteiger partial charge in [-0.1, -0.05) is 0 Å². The molecule has 1 fully saturated rings. The molecule has 0 aromatic heterocycles. The molecule has 0 aromatic rings. The summed E-state index contributed by atoms with van der Waals surface area (Å²) in [6.45, 7) is 3.53. The lowest BCUT2D eigenvalue weighted by atomic mass is 10.2. The Labute approximate surface area is 94.1 Å². The van der Waals surface area contributed by atoms with Crippen LogP contribution >= 0.6 is 0 Å². The summed E-state index contributed by atoms with van der Waals surface area (Å²) in [5, 5.41) is 0. The summed E-state index contributed by atoms with van der Waals surface area (Å²) in [4.78, 5) is 36.8. The van der Waals surface area contributed by atoms with Gasteiger partial charge in [-0.3, -0.25) is 14.4 Å². The highest BCUT2D eigenvalue weighted by Crippen LogP contribution is 2.04. The van der Waals surface area contributed by atoms with Crippen molar-refractivity contribution in [2.24, 2.45) is 0 Å². The van der Waals surface area contributed by atoms with Gasteiger partial charge < -0.3 is 14.5 Å². The van der Waals surface area contributed by atoms with Crippen molar-refractivity contribution in [1.29, 1.82) is 0 Å². The van der Waals surface area contributed by atoms with Gasteiger partial charge in [0.15, 0.2) is 0 Å². The predicted molar refractivity (Wildman–Crippen MR) is 55.5 cm³/mol. The molecule has 0 unspecified atom stereocenters. The van der Waals surface area contributed by atoms with E-state index in [1.54, 1.807) is 9.80 Å². The lowest BCUT2D eigenvalue weighted by Crippen LogP contribution is -2.50. The van der Waals surface area contributed by atoms with E-state index in [0.717, 1.165) is 0 Å². The van der Waals surface area contributed by atoms with Crippen LogP contribution in [-0.4, -0.2) is 60.9 Å². The molecule has 0 saturated carbocycles. The second-order valence-corrected chi connectivity index (χ2v) is 3.64. The Morgan fingerprint density at radius 2 is 1.56 bits per heavy atom. The maximum absolute atomic E-state index is 11.6. The summed E-state index contributed by atoms with van der Waals surface area (Å²) in [7, 11) is 1.25. The number of hydrogen-bond donors (Lipinski definition) is 0. The third-order valence-corrected chi connectivity index (χ3v) is 2.60. The summed E-state index contributed by atoms with van der Waals surface area (Å²) in [6, 6.07) is 0. The molecule has 0 aliphatic carbocycles. The SMILES string of the molecule is COC(=O)CC(=O)N1CCN(C(C)=O)CC1. The maximum Gasteiger partial charge on any atom is 0.315 e. The van der Waals surface area contributed by atoms with Crippen LogP contribution in [0, 0.1) is 0 Å². The van der Waals surface area contributed by atoms with Gasteiger partial charge in [-0.05, 0) is 0 Å². The number of amides is 2. The van der Waals surface area contributed by atoms with Crippen molar-refractivity contribution in [3.8, 4) is 0 Å². The summed E-state index contributed by atoms with van der Waals surface area (Å²) < 4.78 is 4.42. The Kier molecular flexibility index (Phi) is 4.28. The average Bonchev–Trinajstić information content (AvgIpc) is 2.28. The van der Waals surface area contributed by atoms with Gasteiger partial charge in [0.25, 0.3) is 0 Å². The fourth-order valence-electron chi connectivity index (χ4n) is 1.58. The van der Waals surface area contributed by atoms with Crippen LogP contribution in [0.2, 0.25) is 0 Å². The molecule has 0 N–H and O–H groups in total. The predicted octanol–water partition coefficient (Wildman–Crippen LogP) is -0.760. The minimum absolute atomic E-state index is 0.0140. The fourth-order valence-corrected chi connectivity index (χ4v) is 1.58. The molecule has 16 heavy (non-hydrogen) atoms. The van der Waals surface area contributed by atoms with E-state index in [0.29, 0.717) is 26.2 Å². The summed E-state index contributed by atoms with van der Waals surface area (Å²) in [5.41, 5.74) is 0. The van der Waals surface area contributed by atoms with Crippen molar-refractivity contribution < 1.29 is 19.1 Å².